The number of carboxylic acids is 1. The van der Waals surface area contributed by atoms with E-state index in [0.29, 0.717) is 6.61 Å². The molecule has 0 unspecified atom stereocenters. The van der Waals surface area contributed by atoms with E-state index in [1.165, 1.54) is 0 Å². The van der Waals surface area contributed by atoms with Crippen LogP contribution in [0.1, 0.15) is 34.1 Å². The molecule has 15 heavy (non-hydrogen) atoms. The molecule has 0 aromatic carbocycles. The molecule has 0 atom stereocenters. The summed E-state index contributed by atoms with van der Waals surface area (Å²) in [6, 6.07) is 0. The molecule has 0 saturated heterocycles. The van der Waals surface area contributed by atoms with Crippen LogP contribution < -0.4 is 0 Å². The molecular formula is C11H22O4. The summed E-state index contributed by atoms with van der Waals surface area (Å²) >= 11 is 0. The van der Waals surface area contributed by atoms with Crippen molar-refractivity contribution in [1.82, 2.24) is 0 Å². The summed E-state index contributed by atoms with van der Waals surface area (Å²) in [4.78, 5) is 10.8. The van der Waals surface area contributed by atoms with E-state index in [4.69, 9.17) is 14.6 Å². The first kappa shape index (κ1) is 14.4. The predicted octanol–water partition coefficient (Wildman–Crippen LogP) is 1.93. The molecule has 0 rings (SSSR count). The van der Waals surface area contributed by atoms with Crippen LogP contribution in [0.5, 0.6) is 0 Å². The van der Waals surface area contributed by atoms with Gasteiger partial charge in [0, 0.05) is 13.7 Å². The highest BCUT2D eigenvalue weighted by molar-refractivity contribution is 5.73. The molecule has 1 N–H and O–H groups in total. The number of ether oxygens (including phenoxy) is 2. The molecule has 0 radical (unpaired) electrons. The van der Waals surface area contributed by atoms with Gasteiger partial charge in [-0.2, -0.15) is 0 Å². The average molecular weight is 218 g/mol. The minimum atomic E-state index is -0.839. The minimum Gasteiger partial charge on any atom is -0.481 e. The molecule has 0 bridgehead atoms. The largest absolute Gasteiger partial charge is 0.481 e. The Morgan fingerprint density at radius 2 is 1.80 bits per heavy atom. The number of methoxy groups -OCH3 is 1. The maximum Gasteiger partial charge on any atom is 0.311 e. The van der Waals surface area contributed by atoms with E-state index in [2.05, 4.69) is 0 Å². The van der Waals surface area contributed by atoms with Crippen molar-refractivity contribution >= 4 is 5.97 Å². The Labute approximate surface area is 91.6 Å². The van der Waals surface area contributed by atoms with Gasteiger partial charge in [-0.3, -0.25) is 4.79 Å². The Kier molecular flexibility index (Phi) is 5.24. The number of rotatable bonds is 7. The van der Waals surface area contributed by atoms with Gasteiger partial charge >= 0.3 is 5.97 Å². The first-order valence-electron chi connectivity index (χ1n) is 5.07. The smallest absolute Gasteiger partial charge is 0.311 e. The fourth-order valence-corrected chi connectivity index (χ4v) is 0.809. The van der Waals surface area contributed by atoms with Gasteiger partial charge in [-0.1, -0.05) is 0 Å². The van der Waals surface area contributed by atoms with Crippen LogP contribution in [0, 0.1) is 5.41 Å². The maximum absolute atomic E-state index is 10.8. The number of hydrogen-bond acceptors (Lipinski definition) is 3. The van der Waals surface area contributed by atoms with Gasteiger partial charge in [-0.25, -0.2) is 0 Å². The highest BCUT2D eigenvalue weighted by atomic mass is 16.5. The van der Waals surface area contributed by atoms with E-state index < -0.39 is 11.4 Å². The minimum absolute atomic E-state index is 0.215. The SMILES string of the molecule is COC(C)(C)CCOCC(C)(C)C(=O)O. The molecule has 0 aliphatic heterocycles. The zero-order chi connectivity index (χ0) is 12.1. The number of carboxylic acid groups (broad SMARTS) is 1. The number of carbonyl (C=O) groups is 1. The molecule has 4 nitrogen and oxygen atoms in total. The van der Waals surface area contributed by atoms with Gasteiger partial charge < -0.3 is 14.6 Å². The zero-order valence-corrected chi connectivity index (χ0v) is 10.3. The van der Waals surface area contributed by atoms with Crippen LogP contribution in [0.25, 0.3) is 0 Å². The van der Waals surface area contributed by atoms with Crippen molar-refractivity contribution in [2.24, 2.45) is 5.41 Å². The molecular weight excluding hydrogens is 196 g/mol. The Hall–Kier alpha value is -0.610. The van der Waals surface area contributed by atoms with Crippen molar-refractivity contribution in [3.63, 3.8) is 0 Å². The summed E-state index contributed by atoms with van der Waals surface area (Å²) in [6.07, 6.45) is 0.749. The molecule has 0 aliphatic carbocycles. The van der Waals surface area contributed by atoms with Gasteiger partial charge in [0.1, 0.15) is 0 Å². The van der Waals surface area contributed by atoms with Crippen LogP contribution >= 0.6 is 0 Å². The highest BCUT2D eigenvalue weighted by Gasteiger charge is 2.27. The second kappa shape index (κ2) is 5.47. The first-order valence-corrected chi connectivity index (χ1v) is 5.07. The molecule has 0 aliphatic rings. The van der Waals surface area contributed by atoms with Gasteiger partial charge in [0.2, 0.25) is 0 Å². The fourth-order valence-electron chi connectivity index (χ4n) is 0.809. The molecule has 0 spiro atoms. The summed E-state index contributed by atoms with van der Waals surface area (Å²) in [5.74, 6) is -0.839. The second-order valence-electron chi connectivity index (χ2n) is 4.96. The van der Waals surface area contributed by atoms with Gasteiger partial charge in [0.05, 0.1) is 17.6 Å². The molecule has 0 fully saturated rings. The maximum atomic E-state index is 10.8. The Morgan fingerprint density at radius 3 is 2.20 bits per heavy atom. The van der Waals surface area contributed by atoms with Crippen LogP contribution in [0.4, 0.5) is 0 Å². The van der Waals surface area contributed by atoms with Crippen molar-refractivity contribution in [3.8, 4) is 0 Å². The molecule has 0 saturated carbocycles. The van der Waals surface area contributed by atoms with E-state index in [-0.39, 0.29) is 12.2 Å². The highest BCUT2D eigenvalue weighted by Crippen LogP contribution is 2.17. The number of hydrogen-bond donors (Lipinski definition) is 1. The topological polar surface area (TPSA) is 55.8 Å². The van der Waals surface area contributed by atoms with E-state index in [1.807, 2.05) is 13.8 Å². The van der Waals surface area contributed by atoms with Crippen molar-refractivity contribution in [1.29, 1.82) is 0 Å². The Morgan fingerprint density at radius 1 is 1.27 bits per heavy atom. The second-order valence-corrected chi connectivity index (χ2v) is 4.96. The predicted molar refractivity (Wildman–Crippen MR) is 57.9 cm³/mol. The molecule has 90 valence electrons. The quantitative estimate of drug-likeness (QED) is 0.663. The van der Waals surface area contributed by atoms with E-state index in [0.717, 1.165) is 6.42 Å². The van der Waals surface area contributed by atoms with Crippen LogP contribution in [0.3, 0.4) is 0 Å². The lowest BCUT2D eigenvalue weighted by Gasteiger charge is -2.24. The van der Waals surface area contributed by atoms with Crippen LogP contribution in [-0.2, 0) is 14.3 Å². The summed E-state index contributed by atoms with van der Waals surface area (Å²) in [7, 11) is 1.65. The zero-order valence-electron chi connectivity index (χ0n) is 10.3. The molecule has 4 heteroatoms. The lowest BCUT2D eigenvalue weighted by Crippen LogP contribution is -2.31. The molecule has 0 aromatic rings. The molecule has 0 heterocycles. The summed E-state index contributed by atoms with van der Waals surface area (Å²) in [5.41, 5.74) is -1.04. The Balaban J connectivity index is 3.77. The van der Waals surface area contributed by atoms with Crippen molar-refractivity contribution in [2.45, 2.75) is 39.7 Å². The van der Waals surface area contributed by atoms with E-state index in [9.17, 15) is 4.79 Å². The lowest BCUT2D eigenvalue weighted by molar-refractivity contribution is -0.150. The third kappa shape index (κ3) is 5.74. The van der Waals surface area contributed by atoms with Gasteiger partial charge in [0.15, 0.2) is 0 Å². The molecule has 0 amide bonds. The van der Waals surface area contributed by atoms with Crippen molar-refractivity contribution in [3.05, 3.63) is 0 Å². The average Bonchev–Trinajstić information content (AvgIpc) is 2.12. The van der Waals surface area contributed by atoms with Crippen LogP contribution in [-0.4, -0.2) is 37.0 Å². The Bertz CT molecular complexity index is 209. The van der Waals surface area contributed by atoms with Crippen molar-refractivity contribution in [2.75, 3.05) is 20.3 Å². The van der Waals surface area contributed by atoms with Crippen LogP contribution in [0.15, 0.2) is 0 Å². The van der Waals surface area contributed by atoms with E-state index in [1.54, 1.807) is 21.0 Å². The van der Waals surface area contributed by atoms with Gasteiger partial charge in [0.25, 0.3) is 0 Å². The number of aliphatic carboxylic acids is 1. The summed E-state index contributed by atoms with van der Waals surface area (Å²) in [5, 5.41) is 8.84. The van der Waals surface area contributed by atoms with E-state index >= 15 is 0 Å². The third-order valence-electron chi connectivity index (χ3n) is 2.44. The van der Waals surface area contributed by atoms with Gasteiger partial charge in [-0.05, 0) is 34.1 Å². The third-order valence-corrected chi connectivity index (χ3v) is 2.44. The normalized spacial score (nSPS) is 12.9. The first-order chi connectivity index (χ1) is 6.71. The summed E-state index contributed by atoms with van der Waals surface area (Å²) < 4.78 is 10.6. The standard InChI is InChI=1S/C11H22O4/c1-10(2,9(12)13)8-15-7-6-11(3,4)14-5/h6-8H2,1-5H3,(H,12,13). The van der Waals surface area contributed by atoms with Gasteiger partial charge in [-0.15, -0.1) is 0 Å². The van der Waals surface area contributed by atoms with Crippen molar-refractivity contribution < 1.29 is 19.4 Å². The van der Waals surface area contributed by atoms with Crippen LogP contribution in [0.2, 0.25) is 0 Å². The fraction of sp³-hybridized carbons (Fsp3) is 0.909. The molecule has 0 aromatic heterocycles. The lowest BCUT2D eigenvalue weighted by atomic mass is 9.95. The summed E-state index contributed by atoms with van der Waals surface area (Å²) in [6.45, 7) is 7.98. The monoisotopic (exact) mass is 218 g/mol.